The summed E-state index contributed by atoms with van der Waals surface area (Å²) in [7, 11) is 0. The first-order chi connectivity index (χ1) is 10.5. The highest BCUT2D eigenvalue weighted by molar-refractivity contribution is 6.31. The highest BCUT2D eigenvalue weighted by Crippen LogP contribution is 2.33. The Balaban J connectivity index is 2.08. The van der Waals surface area contributed by atoms with Crippen LogP contribution < -0.4 is 11.1 Å². The molecule has 3 rings (SSSR count). The number of carbonyl (C=O) groups is 2. The van der Waals surface area contributed by atoms with Crippen LogP contribution in [0.3, 0.4) is 0 Å². The minimum atomic E-state index is -0.793. The monoisotopic (exact) mass is 318 g/mol. The summed E-state index contributed by atoms with van der Waals surface area (Å²) in [5, 5.41) is 3.51. The molecular weight excluding hydrogens is 308 g/mol. The van der Waals surface area contributed by atoms with Gasteiger partial charge in [0.25, 0.3) is 11.8 Å². The third-order valence-electron chi connectivity index (χ3n) is 3.08. The van der Waals surface area contributed by atoms with E-state index in [0.717, 1.165) is 0 Å². The van der Waals surface area contributed by atoms with Gasteiger partial charge in [-0.25, -0.2) is 0 Å². The number of nitrogens with two attached hydrogens (primary N) is 1. The van der Waals surface area contributed by atoms with Crippen molar-refractivity contribution in [1.82, 2.24) is 0 Å². The van der Waals surface area contributed by atoms with Gasteiger partial charge in [0.15, 0.2) is 5.76 Å². The van der Waals surface area contributed by atoms with Crippen LogP contribution in [0.2, 0.25) is 5.02 Å². The first kappa shape index (κ1) is 14.2. The van der Waals surface area contributed by atoms with E-state index in [0.29, 0.717) is 21.8 Å². The lowest BCUT2D eigenvalue weighted by molar-refractivity contribution is 0.0977. The van der Waals surface area contributed by atoms with Gasteiger partial charge < -0.3 is 19.9 Å². The number of aryl methyl sites for hydroxylation is 1. The maximum Gasteiger partial charge on any atom is 0.291 e. The van der Waals surface area contributed by atoms with Crippen LogP contribution >= 0.6 is 11.6 Å². The molecule has 2 aromatic heterocycles. The average Bonchev–Trinajstić information content (AvgIpc) is 3.03. The fourth-order valence-corrected chi connectivity index (χ4v) is 2.27. The Bertz CT molecular complexity index is 894. The topological polar surface area (TPSA) is 98.5 Å². The molecule has 0 radical (unpaired) electrons. The van der Waals surface area contributed by atoms with Gasteiger partial charge in [-0.15, -0.1) is 0 Å². The lowest BCUT2D eigenvalue weighted by Gasteiger charge is -2.02. The van der Waals surface area contributed by atoms with Gasteiger partial charge in [-0.05, 0) is 37.3 Å². The van der Waals surface area contributed by atoms with Crippen molar-refractivity contribution in [1.29, 1.82) is 0 Å². The van der Waals surface area contributed by atoms with Gasteiger partial charge in [-0.1, -0.05) is 11.6 Å². The molecule has 0 fully saturated rings. The van der Waals surface area contributed by atoms with Crippen molar-refractivity contribution >= 4 is 40.1 Å². The number of rotatable bonds is 3. The normalized spacial score (nSPS) is 10.8. The SMILES string of the molecule is Cc1ccc(C(=O)Nc2c(C(N)=O)oc3ccc(Cl)cc23)o1. The minimum absolute atomic E-state index is 0.115. The number of fused-ring (bicyclic) bond motifs is 1. The number of hydrogen-bond donors (Lipinski definition) is 2. The van der Waals surface area contributed by atoms with Crippen molar-refractivity contribution in [2.75, 3.05) is 5.32 Å². The number of primary amides is 1. The van der Waals surface area contributed by atoms with E-state index in [4.69, 9.17) is 26.2 Å². The largest absolute Gasteiger partial charge is 0.456 e. The first-order valence-electron chi connectivity index (χ1n) is 6.35. The highest BCUT2D eigenvalue weighted by atomic mass is 35.5. The molecular formula is C15H11ClN2O4. The molecule has 112 valence electrons. The minimum Gasteiger partial charge on any atom is -0.456 e. The van der Waals surface area contributed by atoms with E-state index in [1.54, 1.807) is 31.2 Å². The fourth-order valence-electron chi connectivity index (χ4n) is 2.10. The van der Waals surface area contributed by atoms with Gasteiger partial charge in [0.05, 0.1) is 0 Å². The van der Waals surface area contributed by atoms with E-state index in [9.17, 15) is 9.59 Å². The molecule has 0 aliphatic heterocycles. The van der Waals surface area contributed by atoms with E-state index in [2.05, 4.69) is 5.32 Å². The Morgan fingerprint density at radius 1 is 1.18 bits per heavy atom. The zero-order valence-corrected chi connectivity index (χ0v) is 12.2. The average molecular weight is 319 g/mol. The second-order valence-corrected chi connectivity index (χ2v) is 5.11. The molecule has 0 spiro atoms. The second kappa shape index (κ2) is 5.23. The Morgan fingerprint density at radius 2 is 1.95 bits per heavy atom. The molecule has 0 aliphatic carbocycles. The third-order valence-corrected chi connectivity index (χ3v) is 3.31. The summed E-state index contributed by atoms with van der Waals surface area (Å²) in [6.07, 6.45) is 0. The van der Waals surface area contributed by atoms with Crippen LogP contribution in [0.25, 0.3) is 11.0 Å². The smallest absolute Gasteiger partial charge is 0.291 e. The maximum atomic E-state index is 12.2. The molecule has 0 unspecified atom stereocenters. The number of halogens is 1. The number of carbonyl (C=O) groups excluding carboxylic acids is 2. The van der Waals surface area contributed by atoms with Crippen molar-refractivity contribution < 1.29 is 18.4 Å². The third kappa shape index (κ3) is 2.44. The van der Waals surface area contributed by atoms with Crippen molar-refractivity contribution in [3.05, 3.63) is 52.6 Å². The Kier molecular flexibility index (Phi) is 3.38. The van der Waals surface area contributed by atoms with Crippen LogP contribution in [0.15, 0.2) is 39.2 Å². The fraction of sp³-hybridized carbons (Fsp3) is 0.0667. The van der Waals surface area contributed by atoms with Gasteiger partial charge in [0.1, 0.15) is 17.0 Å². The summed E-state index contributed by atoms with van der Waals surface area (Å²) in [5.41, 5.74) is 5.86. The molecule has 7 heteroatoms. The molecule has 2 heterocycles. The molecule has 3 aromatic rings. The summed E-state index contributed by atoms with van der Waals surface area (Å²) < 4.78 is 10.6. The van der Waals surface area contributed by atoms with Gasteiger partial charge >= 0.3 is 0 Å². The number of nitrogens with one attached hydrogen (secondary N) is 1. The molecule has 0 atom stereocenters. The van der Waals surface area contributed by atoms with E-state index >= 15 is 0 Å². The summed E-state index contributed by atoms with van der Waals surface area (Å²) in [5.74, 6) is -0.741. The van der Waals surface area contributed by atoms with Gasteiger partial charge in [0.2, 0.25) is 5.76 Å². The van der Waals surface area contributed by atoms with Crippen molar-refractivity contribution in [2.45, 2.75) is 6.92 Å². The molecule has 0 aliphatic rings. The summed E-state index contributed by atoms with van der Waals surface area (Å²) in [6, 6.07) is 7.98. The van der Waals surface area contributed by atoms with Crippen molar-refractivity contribution in [2.24, 2.45) is 5.73 Å². The molecule has 0 saturated carbocycles. The van der Waals surface area contributed by atoms with Crippen LogP contribution in [0.1, 0.15) is 26.9 Å². The summed E-state index contributed by atoms with van der Waals surface area (Å²) >= 11 is 5.95. The number of furan rings is 2. The van der Waals surface area contributed by atoms with E-state index in [1.807, 2.05) is 0 Å². The molecule has 0 saturated heterocycles. The Labute approximate surface area is 129 Å². The van der Waals surface area contributed by atoms with Crippen molar-refractivity contribution in [3.63, 3.8) is 0 Å². The maximum absolute atomic E-state index is 12.2. The van der Waals surface area contributed by atoms with E-state index < -0.39 is 11.8 Å². The molecule has 22 heavy (non-hydrogen) atoms. The number of hydrogen-bond acceptors (Lipinski definition) is 4. The Morgan fingerprint density at radius 3 is 2.59 bits per heavy atom. The Hall–Kier alpha value is -2.73. The zero-order valence-electron chi connectivity index (χ0n) is 11.5. The number of anilines is 1. The number of benzene rings is 1. The van der Waals surface area contributed by atoms with Gasteiger partial charge in [0, 0.05) is 10.4 Å². The number of amides is 2. The lowest BCUT2D eigenvalue weighted by atomic mass is 10.2. The standard InChI is InChI=1S/C15H11ClN2O4/c1-7-2-4-11(21-7)15(20)18-12-9-6-8(16)3-5-10(9)22-13(12)14(17)19/h2-6H,1H3,(H2,17,19)(H,18,20). The van der Waals surface area contributed by atoms with Crippen LogP contribution in [0.5, 0.6) is 0 Å². The zero-order chi connectivity index (χ0) is 15.9. The van der Waals surface area contributed by atoms with E-state index in [1.165, 1.54) is 6.07 Å². The van der Waals surface area contributed by atoms with Crippen LogP contribution in [-0.4, -0.2) is 11.8 Å². The molecule has 2 amide bonds. The van der Waals surface area contributed by atoms with Crippen molar-refractivity contribution in [3.8, 4) is 0 Å². The molecule has 1 aromatic carbocycles. The lowest BCUT2D eigenvalue weighted by Crippen LogP contribution is -2.16. The van der Waals surface area contributed by atoms with Crippen LogP contribution in [0, 0.1) is 6.92 Å². The van der Waals surface area contributed by atoms with Gasteiger partial charge in [-0.2, -0.15) is 0 Å². The predicted octanol–water partition coefficient (Wildman–Crippen LogP) is 3.34. The molecule has 3 N–H and O–H groups in total. The predicted molar refractivity (Wildman–Crippen MR) is 81.1 cm³/mol. The van der Waals surface area contributed by atoms with Gasteiger partial charge in [-0.3, -0.25) is 9.59 Å². The quantitative estimate of drug-likeness (QED) is 0.773. The molecule has 6 nitrogen and oxygen atoms in total. The van der Waals surface area contributed by atoms with E-state index in [-0.39, 0.29) is 17.2 Å². The van der Waals surface area contributed by atoms with Crippen LogP contribution in [-0.2, 0) is 0 Å². The molecule has 0 bridgehead atoms. The highest BCUT2D eigenvalue weighted by Gasteiger charge is 2.22. The van der Waals surface area contributed by atoms with Crippen LogP contribution in [0.4, 0.5) is 5.69 Å². The first-order valence-corrected chi connectivity index (χ1v) is 6.73. The second-order valence-electron chi connectivity index (χ2n) is 4.68. The summed E-state index contributed by atoms with van der Waals surface area (Å²) in [6.45, 7) is 1.72. The summed E-state index contributed by atoms with van der Waals surface area (Å²) in [4.78, 5) is 23.7.